The highest BCUT2D eigenvalue weighted by Crippen LogP contribution is 2.23. The fraction of sp³-hybridized carbons (Fsp3) is 0.435. The molecule has 0 atom stereocenters. The molecule has 1 saturated heterocycles. The molecule has 1 heterocycles. The van der Waals surface area contributed by atoms with Gasteiger partial charge in [0, 0.05) is 44.1 Å². The molecular weight excluding hydrogens is 431 g/mol. The molecule has 0 saturated carbocycles. The van der Waals surface area contributed by atoms with E-state index in [2.05, 4.69) is 24.1 Å². The molecule has 0 aromatic heterocycles. The third-order valence-electron chi connectivity index (χ3n) is 5.67. The minimum atomic E-state index is -3.79. The van der Waals surface area contributed by atoms with Crippen LogP contribution in [0.25, 0.3) is 0 Å². The van der Waals surface area contributed by atoms with Crippen molar-refractivity contribution < 1.29 is 17.6 Å². The highest BCUT2D eigenvalue weighted by atomic mass is 32.2. The van der Waals surface area contributed by atoms with E-state index in [1.54, 1.807) is 12.1 Å². The van der Waals surface area contributed by atoms with E-state index in [1.165, 1.54) is 20.7 Å². The molecule has 1 aliphatic heterocycles. The maximum Gasteiger partial charge on any atom is 0.282 e. The maximum atomic E-state index is 13.1. The quantitative estimate of drug-likeness (QED) is 0.653. The van der Waals surface area contributed by atoms with E-state index in [0.29, 0.717) is 24.2 Å². The van der Waals surface area contributed by atoms with Crippen molar-refractivity contribution in [1.29, 1.82) is 0 Å². The number of hydrogen-bond acceptors (Lipinski definition) is 4. The first-order valence-electron chi connectivity index (χ1n) is 10.9. The van der Waals surface area contributed by atoms with Crippen molar-refractivity contribution in [1.82, 2.24) is 8.61 Å². The second kappa shape index (κ2) is 10.4. The molecule has 0 unspecified atom stereocenters. The Morgan fingerprint density at radius 1 is 1.06 bits per heavy atom. The Balaban J connectivity index is 1.65. The summed E-state index contributed by atoms with van der Waals surface area (Å²) in [5.41, 5.74) is 3.37. The molecule has 0 aliphatic carbocycles. The lowest BCUT2D eigenvalue weighted by molar-refractivity contribution is -0.116. The smallest absolute Gasteiger partial charge is 0.282 e. The third-order valence-corrected chi connectivity index (χ3v) is 7.60. The molecule has 1 aliphatic rings. The van der Waals surface area contributed by atoms with E-state index in [1.807, 2.05) is 25.1 Å². The first-order chi connectivity index (χ1) is 15.2. The number of amides is 1. The van der Waals surface area contributed by atoms with Crippen LogP contribution in [0.15, 0.2) is 42.5 Å². The highest BCUT2D eigenvalue weighted by Gasteiger charge is 2.34. The Kier molecular flexibility index (Phi) is 7.86. The van der Waals surface area contributed by atoms with Gasteiger partial charge in [0.1, 0.15) is 5.82 Å². The van der Waals surface area contributed by atoms with Crippen molar-refractivity contribution in [3.05, 3.63) is 59.4 Å². The molecule has 174 valence electrons. The molecule has 7 nitrogen and oxygen atoms in total. The van der Waals surface area contributed by atoms with Crippen molar-refractivity contribution in [2.24, 2.45) is 0 Å². The summed E-state index contributed by atoms with van der Waals surface area (Å²) in [5.74, 6) is -0.745. The highest BCUT2D eigenvalue weighted by molar-refractivity contribution is 7.86. The molecule has 9 heteroatoms. The number of carbonyl (C=O) groups excluding carboxylic acids is 1. The molecule has 3 rings (SSSR count). The lowest BCUT2D eigenvalue weighted by atomic mass is 10.1. The van der Waals surface area contributed by atoms with Gasteiger partial charge in [-0.25, -0.2) is 4.39 Å². The molecule has 1 amide bonds. The van der Waals surface area contributed by atoms with Crippen molar-refractivity contribution >= 4 is 27.5 Å². The Morgan fingerprint density at radius 3 is 2.34 bits per heavy atom. The molecule has 2 aromatic carbocycles. The van der Waals surface area contributed by atoms with Crippen molar-refractivity contribution in [2.45, 2.75) is 33.7 Å². The Labute approximate surface area is 190 Å². The lowest BCUT2D eigenvalue weighted by Gasteiger charge is -2.34. The number of aryl methyl sites for hydroxylation is 1. The van der Waals surface area contributed by atoms with Gasteiger partial charge in [-0.3, -0.25) is 4.79 Å². The number of carbonyl (C=O) groups is 1. The summed E-state index contributed by atoms with van der Waals surface area (Å²) >= 11 is 0. The Morgan fingerprint density at radius 2 is 1.72 bits per heavy atom. The van der Waals surface area contributed by atoms with Crippen molar-refractivity contribution in [3.8, 4) is 0 Å². The molecule has 1 N–H and O–H groups in total. The van der Waals surface area contributed by atoms with E-state index in [9.17, 15) is 17.6 Å². The van der Waals surface area contributed by atoms with Gasteiger partial charge in [0.2, 0.25) is 5.91 Å². The zero-order chi connectivity index (χ0) is 23.3. The van der Waals surface area contributed by atoms with Crippen molar-refractivity contribution in [2.75, 3.05) is 42.9 Å². The number of benzene rings is 2. The molecule has 32 heavy (non-hydrogen) atoms. The van der Waals surface area contributed by atoms with Gasteiger partial charge in [-0.2, -0.15) is 17.0 Å². The molecule has 0 bridgehead atoms. The second-order valence-corrected chi connectivity index (χ2v) is 9.80. The minimum Gasteiger partial charge on any atom is -0.372 e. The topological polar surface area (TPSA) is 73.0 Å². The minimum absolute atomic E-state index is 0.145. The van der Waals surface area contributed by atoms with E-state index in [0.717, 1.165) is 24.3 Å². The summed E-state index contributed by atoms with van der Waals surface area (Å²) in [6, 6.07) is 11.6. The largest absolute Gasteiger partial charge is 0.372 e. The average Bonchev–Trinajstić information content (AvgIpc) is 2.75. The van der Waals surface area contributed by atoms with Crippen molar-refractivity contribution in [3.63, 3.8) is 0 Å². The molecule has 0 spiro atoms. The second-order valence-electron chi connectivity index (χ2n) is 7.87. The van der Waals surface area contributed by atoms with E-state index >= 15 is 0 Å². The van der Waals surface area contributed by atoms with E-state index in [-0.39, 0.29) is 31.4 Å². The van der Waals surface area contributed by atoms with Crippen LogP contribution in [-0.4, -0.2) is 55.7 Å². The van der Waals surface area contributed by atoms with Crippen LogP contribution in [0.2, 0.25) is 0 Å². The summed E-state index contributed by atoms with van der Waals surface area (Å²) < 4.78 is 41.7. The van der Waals surface area contributed by atoms with Crippen LogP contribution in [0, 0.1) is 12.7 Å². The SMILES string of the molecule is CCN(CC)c1ccc(NC(=O)CN2CCCN(Cc3ccc(F)cc3)S2(=O)=O)c(C)c1. The Hall–Kier alpha value is -2.49. The van der Waals surface area contributed by atoms with E-state index in [4.69, 9.17) is 0 Å². The standard InChI is InChI=1S/C23H31FN4O3S/c1-4-26(5-2)21-11-12-22(18(3)15-21)25-23(29)17-28-14-6-13-27(32(28,30)31)16-19-7-9-20(24)10-8-19/h7-12,15H,4-6,13-14,16-17H2,1-3H3,(H,25,29). The summed E-state index contributed by atoms with van der Waals surface area (Å²) in [6.45, 7) is 8.43. The van der Waals surface area contributed by atoms with Gasteiger partial charge < -0.3 is 10.2 Å². The summed E-state index contributed by atoms with van der Waals surface area (Å²) in [6.07, 6.45) is 0.616. The molecule has 1 fully saturated rings. The van der Waals surface area contributed by atoms with Crippen LogP contribution in [-0.2, 0) is 21.5 Å². The van der Waals surface area contributed by atoms with Crippen LogP contribution in [0.4, 0.5) is 15.8 Å². The number of anilines is 2. The molecule has 0 radical (unpaired) electrons. The maximum absolute atomic E-state index is 13.1. The fourth-order valence-electron chi connectivity index (χ4n) is 3.86. The summed E-state index contributed by atoms with van der Waals surface area (Å²) in [4.78, 5) is 14.9. The van der Waals surface area contributed by atoms with E-state index < -0.39 is 10.2 Å². The molecular formula is C23H31FN4O3S. The summed E-state index contributed by atoms with van der Waals surface area (Å²) in [5, 5.41) is 2.84. The van der Waals surface area contributed by atoms with Gasteiger partial charge in [-0.1, -0.05) is 12.1 Å². The monoisotopic (exact) mass is 462 g/mol. The zero-order valence-corrected chi connectivity index (χ0v) is 19.7. The summed E-state index contributed by atoms with van der Waals surface area (Å²) in [7, 11) is -3.79. The first kappa shape index (κ1) is 24.2. The molecule has 2 aromatic rings. The predicted octanol–water partition coefficient (Wildman–Crippen LogP) is 3.37. The zero-order valence-electron chi connectivity index (χ0n) is 18.8. The van der Waals surface area contributed by atoms with Gasteiger partial charge >= 0.3 is 0 Å². The van der Waals surface area contributed by atoms with Gasteiger partial charge in [0.05, 0.1) is 6.54 Å². The number of nitrogens with zero attached hydrogens (tertiary/aromatic N) is 3. The number of nitrogens with one attached hydrogen (secondary N) is 1. The van der Waals surface area contributed by atoms with Crippen LogP contribution < -0.4 is 10.2 Å². The number of rotatable bonds is 8. The van der Waals surface area contributed by atoms with Crippen LogP contribution in [0.3, 0.4) is 0 Å². The predicted molar refractivity (Wildman–Crippen MR) is 125 cm³/mol. The number of hydrogen-bond donors (Lipinski definition) is 1. The average molecular weight is 463 g/mol. The van der Waals surface area contributed by atoms with Gasteiger partial charge in [0.25, 0.3) is 10.2 Å². The van der Waals surface area contributed by atoms with Crippen LogP contribution >= 0.6 is 0 Å². The van der Waals surface area contributed by atoms with Gasteiger partial charge in [-0.05, 0) is 68.7 Å². The van der Waals surface area contributed by atoms with Crippen LogP contribution in [0.1, 0.15) is 31.4 Å². The van der Waals surface area contributed by atoms with Gasteiger partial charge in [-0.15, -0.1) is 0 Å². The lowest BCUT2D eigenvalue weighted by Crippen LogP contribution is -2.51. The van der Waals surface area contributed by atoms with Gasteiger partial charge in [0.15, 0.2) is 0 Å². The van der Waals surface area contributed by atoms with Crippen LogP contribution in [0.5, 0.6) is 0 Å². The Bertz CT molecular complexity index is 1040. The first-order valence-corrected chi connectivity index (χ1v) is 12.3. The number of halogens is 1. The normalized spacial score (nSPS) is 16.6. The fourth-order valence-corrected chi connectivity index (χ4v) is 5.49. The third kappa shape index (κ3) is 5.65.